The SMILES string of the molecule is CCCn1cc(C(=O)OCC)c(=O)c2ccc(C(F)(F)F)cc21. The van der Waals surface area contributed by atoms with Crippen molar-refractivity contribution in [3.63, 3.8) is 0 Å². The number of aryl methyl sites for hydroxylation is 1. The van der Waals surface area contributed by atoms with E-state index in [1.54, 1.807) is 6.92 Å². The van der Waals surface area contributed by atoms with Crippen LogP contribution in [0.15, 0.2) is 29.2 Å². The summed E-state index contributed by atoms with van der Waals surface area (Å²) in [6, 6.07) is 2.88. The van der Waals surface area contributed by atoms with E-state index in [0.717, 1.165) is 18.2 Å². The zero-order valence-electron chi connectivity index (χ0n) is 12.7. The van der Waals surface area contributed by atoms with Crippen LogP contribution < -0.4 is 5.43 Å². The normalized spacial score (nSPS) is 11.7. The second-order valence-electron chi connectivity index (χ2n) is 5.02. The number of hydrogen-bond acceptors (Lipinski definition) is 3. The molecule has 1 heterocycles. The molecule has 0 aliphatic carbocycles. The summed E-state index contributed by atoms with van der Waals surface area (Å²) in [5.41, 5.74) is -1.48. The van der Waals surface area contributed by atoms with Crippen LogP contribution in [0.2, 0.25) is 0 Å². The average Bonchev–Trinajstić information content (AvgIpc) is 2.49. The van der Waals surface area contributed by atoms with E-state index in [1.165, 1.54) is 10.8 Å². The number of carbonyl (C=O) groups is 1. The Balaban J connectivity index is 2.75. The minimum atomic E-state index is -4.50. The van der Waals surface area contributed by atoms with Gasteiger partial charge in [0.05, 0.1) is 17.7 Å². The van der Waals surface area contributed by atoms with E-state index in [1.807, 2.05) is 6.92 Å². The number of pyridine rings is 1. The van der Waals surface area contributed by atoms with Gasteiger partial charge in [0.2, 0.25) is 5.43 Å². The van der Waals surface area contributed by atoms with E-state index in [2.05, 4.69) is 0 Å². The van der Waals surface area contributed by atoms with Gasteiger partial charge in [-0.2, -0.15) is 13.2 Å². The highest BCUT2D eigenvalue weighted by Crippen LogP contribution is 2.31. The van der Waals surface area contributed by atoms with E-state index in [0.29, 0.717) is 13.0 Å². The van der Waals surface area contributed by atoms with Crippen LogP contribution in [0.1, 0.15) is 36.2 Å². The fourth-order valence-corrected chi connectivity index (χ4v) is 2.35. The number of halogens is 3. The predicted molar refractivity (Wildman–Crippen MR) is 79.5 cm³/mol. The first-order chi connectivity index (χ1) is 10.8. The molecule has 0 aliphatic heterocycles. The number of hydrogen-bond donors (Lipinski definition) is 0. The highest BCUT2D eigenvalue weighted by molar-refractivity contribution is 5.93. The lowest BCUT2D eigenvalue weighted by molar-refractivity contribution is -0.137. The number of rotatable bonds is 4. The molecule has 0 atom stereocenters. The maximum Gasteiger partial charge on any atom is 0.416 e. The second kappa shape index (κ2) is 6.44. The quantitative estimate of drug-likeness (QED) is 0.806. The van der Waals surface area contributed by atoms with E-state index in [9.17, 15) is 22.8 Å². The predicted octanol–water partition coefficient (Wildman–Crippen LogP) is 3.61. The molecule has 0 radical (unpaired) electrons. The monoisotopic (exact) mass is 327 g/mol. The number of carbonyl (C=O) groups excluding carboxylic acids is 1. The largest absolute Gasteiger partial charge is 0.462 e. The van der Waals surface area contributed by atoms with E-state index in [4.69, 9.17) is 4.74 Å². The van der Waals surface area contributed by atoms with Crippen LogP contribution in [0.5, 0.6) is 0 Å². The Labute approximate surface area is 130 Å². The molecule has 4 nitrogen and oxygen atoms in total. The highest BCUT2D eigenvalue weighted by Gasteiger charge is 2.31. The van der Waals surface area contributed by atoms with E-state index >= 15 is 0 Å². The van der Waals surface area contributed by atoms with Gasteiger partial charge < -0.3 is 9.30 Å². The van der Waals surface area contributed by atoms with Crippen LogP contribution in [0.25, 0.3) is 10.9 Å². The summed E-state index contributed by atoms with van der Waals surface area (Å²) >= 11 is 0. The van der Waals surface area contributed by atoms with Gasteiger partial charge in [-0.1, -0.05) is 6.92 Å². The summed E-state index contributed by atoms with van der Waals surface area (Å²) in [5, 5.41) is 0.0667. The van der Waals surface area contributed by atoms with Crippen molar-refractivity contribution < 1.29 is 22.7 Å². The number of fused-ring (bicyclic) bond motifs is 1. The Morgan fingerprint density at radius 3 is 2.52 bits per heavy atom. The van der Waals surface area contributed by atoms with Crippen molar-refractivity contribution in [2.75, 3.05) is 6.61 Å². The first-order valence-corrected chi connectivity index (χ1v) is 7.21. The van der Waals surface area contributed by atoms with Crippen molar-refractivity contribution >= 4 is 16.9 Å². The van der Waals surface area contributed by atoms with Crippen molar-refractivity contribution in [2.24, 2.45) is 0 Å². The molecule has 0 fully saturated rings. The highest BCUT2D eigenvalue weighted by atomic mass is 19.4. The van der Waals surface area contributed by atoms with Gasteiger partial charge in [0, 0.05) is 18.1 Å². The zero-order valence-corrected chi connectivity index (χ0v) is 12.7. The average molecular weight is 327 g/mol. The molecule has 0 bridgehead atoms. The Morgan fingerprint density at radius 2 is 1.96 bits per heavy atom. The molecule has 0 saturated heterocycles. The van der Waals surface area contributed by atoms with Crippen molar-refractivity contribution in [3.8, 4) is 0 Å². The fraction of sp³-hybridized carbons (Fsp3) is 0.375. The van der Waals surface area contributed by atoms with Crippen LogP contribution in [0.3, 0.4) is 0 Å². The van der Waals surface area contributed by atoms with Gasteiger partial charge in [-0.3, -0.25) is 4.79 Å². The molecule has 0 aliphatic rings. The number of alkyl halides is 3. The number of aromatic nitrogens is 1. The minimum absolute atomic E-state index is 0.0667. The van der Waals surface area contributed by atoms with E-state index < -0.39 is 23.1 Å². The van der Waals surface area contributed by atoms with Gasteiger partial charge in [-0.25, -0.2) is 4.79 Å². The summed E-state index contributed by atoms with van der Waals surface area (Å²) in [6.07, 6.45) is -2.59. The van der Waals surface area contributed by atoms with Crippen molar-refractivity contribution in [1.82, 2.24) is 4.57 Å². The lowest BCUT2D eigenvalue weighted by atomic mass is 10.1. The maximum atomic E-state index is 12.9. The van der Waals surface area contributed by atoms with Crippen LogP contribution in [0.4, 0.5) is 13.2 Å². The van der Waals surface area contributed by atoms with Gasteiger partial charge >= 0.3 is 12.1 Å². The van der Waals surface area contributed by atoms with Gasteiger partial charge in [0.25, 0.3) is 0 Å². The smallest absolute Gasteiger partial charge is 0.416 e. The molecular formula is C16H16F3NO3. The molecule has 7 heteroatoms. The molecule has 2 rings (SSSR count). The van der Waals surface area contributed by atoms with Crippen LogP contribution >= 0.6 is 0 Å². The second-order valence-corrected chi connectivity index (χ2v) is 5.02. The molecule has 0 saturated carbocycles. The summed E-state index contributed by atoms with van der Waals surface area (Å²) in [6.45, 7) is 3.95. The van der Waals surface area contributed by atoms with Crippen LogP contribution in [0, 0.1) is 0 Å². The Morgan fingerprint density at radius 1 is 1.26 bits per heavy atom. The molecule has 1 aromatic heterocycles. The minimum Gasteiger partial charge on any atom is -0.462 e. The molecule has 0 amide bonds. The van der Waals surface area contributed by atoms with Gasteiger partial charge in [0.1, 0.15) is 5.56 Å². The molecule has 1 aromatic carbocycles. The maximum absolute atomic E-state index is 12.9. The number of esters is 1. The van der Waals surface area contributed by atoms with Crippen molar-refractivity contribution in [3.05, 3.63) is 45.7 Å². The van der Waals surface area contributed by atoms with Crippen LogP contribution in [-0.2, 0) is 17.5 Å². The summed E-state index contributed by atoms with van der Waals surface area (Å²) < 4.78 is 45.0. The Bertz CT molecular complexity index is 793. The third kappa shape index (κ3) is 3.38. The summed E-state index contributed by atoms with van der Waals surface area (Å²) in [4.78, 5) is 24.2. The van der Waals surface area contributed by atoms with Crippen molar-refractivity contribution in [2.45, 2.75) is 33.0 Å². The summed E-state index contributed by atoms with van der Waals surface area (Å²) in [5.74, 6) is -0.774. The number of ether oxygens (including phenoxy) is 1. The third-order valence-electron chi connectivity index (χ3n) is 3.37. The topological polar surface area (TPSA) is 48.3 Å². The molecular weight excluding hydrogens is 311 g/mol. The Hall–Kier alpha value is -2.31. The lowest BCUT2D eigenvalue weighted by Gasteiger charge is -2.14. The Kier molecular flexibility index (Phi) is 4.77. The molecule has 0 unspecified atom stereocenters. The molecule has 23 heavy (non-hydrogen) atoms. The zero-order chi connectivity index (χ0) is 17.2. The van der Waals surface area contributed by atoms with Gasteiger partial charge in [-0.05, 0) is 31.5 Å². The standard InChI is InChI=1S/C16H16F3NO3/c1-3-7-20-9-12(15(22)23-4-2)14(21)11-6-5-10(8-13(11)20)16(17,18)19/h5-6,8-9H,3-4,7H2,1-2H3. The number of nitrogens with zero attached hydrogens (tertiary/aromatic N) is 1. The van der Waals surface area contributed by atoms with Crippen LogP contribution in [-0.4, -0.2) is 17.1 Å². The third-order valence-corrected chi connectivity index (χ3v) is 3.37. The molecule has 0 spiro atoms. The number of benzene rings is 1. The van der Waals surface area contributed by atoms with Crippen molar-refractivity contribution in [1.29, 1.82) is 0 Å². The fourth-order valence-electron chi connectivity index (χ4n) is 2.35. The molecule has 0 N–H and O–H groups in total. The first-order valence-electron chi connectivity index (χ1n) is 7.21. The molecule has 124 valence electrons. The van der Waals surface area contributed by atoms with Gasteiger partial charge in [-0.15, -0.1) is 0 Å². The first kappa shape index (κ1) is 17.1. The summed E-state index contributed by atoms with van der Waals surface area (Å²) in [7, 11) is 0. The molecule has 2 aromatic rings. The lowest BCUT2D eigenvalue weighted by Crippen LogP contribution is -2.21. The van der Waals surface area contributed by atoms with Gasteiger partial charge in [0.15, 0.2) is 0 Å². The van der Waals surface area contributed by atoms with E-state index in [-0.39, 0.29) is 23.1 Å².